The molecule has 21 heavy (non-hydrogen) atoms. The molecule has 3 heteroatoms. The predicted octanol–water partition coefficient (Wildman–Crippen LogP) is 4.66. The first-order valence-corrected chi connectivity index (χ1v) is 7.80. The third-order valence-electron chi connectivity index (χ3n) is 3.80. The molecule has 2 rings (SSSR count). The van der Waals surface area contributed by atoms with Gasteiger partial charge in [0.1, 0.15) is 5.75 Å². The van der Waals surface area contributed by atoms with E-state index in [4.69, 9.17) is 4.74 Å². The first-order chi connectivity index (χ1) is 9.93. The van der Waals surface area contributed by atoms with Crippen LogP contribution in [0.5, 0.6) is 5.75 Å². The average molecular weight is 349 g/mol. The molecule has 1 atom stereocenters. The van der Waals surface area contributed by atoms with Crippen molar-refractivity contribution in [2.24, 2.45) is 0 Å². The van der Waals surface area contributed by atoms with Crippen LogP contribution in [0, 0.1) is 20.8 Å². The highest BCUT2D eigenvalue weighted by Crippen LogP contribution is 2.37. The lowest BCUT2D eigenvalue weighted by Gasteiger charge is -2.20. The Labute approximate surface area is 134 Å². The Kier molecular flexibility index (Phi) is 5.07. The zero-order valence-electron chi connectivity index (χ0n) is 12.9. The molecule has 2 aromatic carbocycles. The molecule has 0 spiro atoms. The second-order valence-corrected chi connectivity index (χ2v) is 6.31. The lowest BCUT2D eigenvalue weighted by molar-refractivity contribution is 0.173. The summed E-state index contributed by atoms with van der Waals surface area (Å²) in [5.41, 5.74) is 5.25. The number of aliphatic hydroxyl groups is 1. The summed E-state index contributed by atoms with van der Waals surface area (Å²) in [6.07, 6.45) is -0.00763. The molecule has 2 aromatic rings. The molecule has 0 aliphatic heterocycles. The van der Waals surface area contributed by atoms with E-state index in [1.807, 2.05) is 19.9 Å². The highest BCUT2D eigenvalue weighted by Gasteiger charge is 2.20. The van der Waals surface area contributed by atoms with E-state index in [1.54, 1.807) is 7.11 Å². The van der Waals surface area contributed by atoms with Gasteiger partial charge in [-0.1, -0.05) is 45.8 Å². The SMILES string of the molecule is COc1c(C)cc(Br)c(C)c1C(O)Cc1ccc(C)cc1. The quantitative estimate of drug-likeness (QED) is 0.870. The Hall–Kier alpha value is -1.32. The fraction of sp³-hybridized carbons (Fsp3) is 0.333. The van der Waals surface area contributed by atoms with Crippen LogP contribution in [0.25, 0.3) is 0 Å². The van der Waals surface area contributed by atoms with Crippen LogP contribution in [0.2, 0.25) is 0 Å². The lowest BCUT2D eigenvalue weighted by atomic mass is 9.94. The minimum absolute atomic E-state index is 0.577. The van der Waals surface area contributed by atoms with E-state index in [0.717, 1.165) is 32.5 Å². The maximum Gasteiger partial charge on any atom is 0.127 e. The first kappa shape index (κ1) is 16.1. The highest BCUT2D eigenvalue weighted by molar-refractivity contribution is 9.10. The van der Waals surface area contributed by atoms with Crippen molar-refractivity contribution in [3.8, 4) is 5.75 Å². The Bertz CT molecular complexity index is 633. The van der Waals surface area contributed by atoms with E-state index in [-0.39, 0.29) is 0 Å². The normalized spacial score (nSPS) is 12.3. The number of hydrogen-bond donors (Lipinski definition) is 1. The Morgan fingerprint density at radius 2 is 1.76 bits per heavy atom. The number of halogens is 1. The summed E-state index contributed by atoms with van der Waals surface area (Å²) in [5.74, 6) is 0.773. The Morgan fingerprint density at radius 3 is 2.33 bits per heavy atom. The van der Waals surface area contributed by atoms with Gasteiger partial charge in [-0.3, -0.25) is 0 Å². The van der Waals surface area contributed by atoms with Gasteiger partial charge < -0.3 is 9.84 Å². The topological polar surface area (TPSA) is 29.5 Å². The molecular weight excluding hydrogens is 328 g/mol. The number of benzene rings is 2. The van der Waals surface area contributed by atoms with Gasteiger partial charge in [-0.25, -0.2) is 0 Å². The van der Waals surface area contributed by atoms with Gasteiger partial charge in [0.05, 0.1) is 13.2 Å². The van der Waals surface area contributed by atoms with Gasteiger partial charge in [0.2, 0.25) is 0 Å². The zero-order valence-corrected chi connectivity index (χ0v) is 14.5. The van der Waals surface area contributed by atoms with Crippen LogP contribution in [-0.2, 0) is 6.42 Å². The van der Waals surface area contributed by atoms with Gasteiger partial charge in [0, 0.05) is 16.5 Å². The predicted molar refractivity (Wildman–Crippen MR) is 90.0 cm³/mol. The van der Waals surface area contributed by atoms with Crippen LogP contribution in [0.1, 0.15) is 33.9 Å². The second kappa shape index (κ2) is 6.63. The second-order valence-electron chi connectivity index (χ2n) is 5.45. The minimum atomic E-state index is -0.584. The van der Waals surface area contributed by atoms with E-state index >= 15 is 0 Å². The van der Waals surface area contributed by atoms with Crippen LogP contribution in [0.3, 0.4) is 0 Å². The van der Waals surface area contributed by atoms with Crippen molar-refractivity contribution in [2.75, 3.05) is 7.11 Å². The van der Waals surface area contributed by atoms with Gasteiger partial charge in [0.15, 0.2) is 0 Å². The molecule has 0 bridgehead atoms. The number of aliphatic hydroxyl groups excluding tert-OH is 1. The number of aryl methyl sites for hydroxylation is 2. The van der Waals surface area contributed by atoms with Crippen molar-refractivity contribution in [1.29, 1.82) is 0 Å². The van der Waals surface area contributed by atoms with Crippen molar-refractivity contribution in [3.05, 3.63) is 62.6 Å². The van der Waals surface area contributed by atoms with Crippen molar-refractivity contribution in [2.45, 2.75) is 33.3 Å². The molecule has 1 N–H and O–H groups in total. The maximum atomic E-state index is 10.7. The fourth-order valence-corrected chi connectivity index (χ4v) is 3.15. The molecule has 0 saturated carbocycles. The van der Waals surface area contributed by atoms with Crippen LogP contribution in [-0.4, -0.2) is 12.2 Å². The van der Waals surface area contributed by atoms with Crippen LogP contribution >= 0.6 is 15.9 Å². The molecule has 0 fully saturated rings. The molecule has 0 saturated heterocycles. The molecule has 0 amide bonds. The molecule has 2 nitrogen and oxygen atoms in total. The van der Waals surface area contributed by atoms with E-state index in [1.165, 1.54) is 5.56 Å². The van der Waals surface area contributed by atoms with Gasteiger partial charge >= 0.3 is 0 Å². The maximum absolute atomic E-state index is 10.7. The lowest BCUT2D eigenvalue weighted by Crippen LogP contribution is -2.08. The summed E-state index contributed by atoms with van der Waals surface area (Å²) in [7, 11) is 1.65. The standard InChI is InChI=1S/C18H21BrO2/c1-11-5-7-14(8-6-11)10-16(20)17-13(3)15(19)9-12(2)18(17)21-4/h5-9,16,20H,10H2,1-4H3. The summed E-state index contributed by atoms with van der Waals surface area (Å²) >= 11 is 3.56. The number of methoxy groups -OCH3 is 1. The average Bonchev–Trinajstić information content (AvgIpc) is 2.44. The molecule has 112 valence electrons. The summed E-state index contributed by atoms with van der Waals surface area (Å²) in [4.78, 5) is 0. The van der Waals surface area contributed by atoms with Crippen LogP contribution in [0.4, 0.5) is 0 Å². The molecule has 0 aromatic heterocycles. The number of ether oxygens (including phenoxy) is 1. The minimum Gasteiger partial charge on any atom is -0.496 e. The monoisotopic (exact) mass is 348 g/mol. The first-order valence-electron chi connectivity index (χ1n) is 7.01. The van der Waals surface area contributed by atoms with E-state index < -0.39 is 6.10 Å². The van der Waals surface area contributed by atoms with E-state index in [2.05, 4.69) is 47.1 Å². The number of rotatable bonds is 4. The zero-order chi connectivity index (χ0) is 15.6. The molecule has 1 unspecified atom stereocenters. The molecule has 0 heterocycles. The van der Waals surface area contributed by atoms with Crippen molar-refractivity contribution < 1.29 is 9.84 Å². The Morgan fingerprint density at radius 1 is 1.14 bits per heavy atom. The highest BCUT2D eigenvalue weighted by atomic mass is 79.9. The largest absolute Gasteiger partial charge is 0.496 e. The summed E-state index contributed by atoms with van der Waals surface area (Å²) < 4.78 is 6.51. The van der Waals surface area contributed by atoms with Gasteiger partial charge in [-0.2, -0.15) is 0 Å². The summed E-state index contributed by atoms with van der Waals surface area (Å²) in [6, 6.07) is 10.3. The van der Waals surface area contributed by atoms with Gasteiger partial charge in [-0.15, -0.1) is 0 Å². The summed E-state index contributed by atoms with van der Waals surface area (Å²) in [6.45, 7) is 6.05. The molecule has 0 aliphatic rings. The molecule has 0 aliphatic carbocycles. The van der Waals surface area contributed by atoms with Crippen LogP contribution < -0.4 is 4.74 Å². The molecular formula is C18H21BrO2. The van der Waals surface area contributed by atoms with Crippen molar-refractivity contribution >= 4 is 15.9 Å². The van der Waals surface area contributed by atoms with Crippen molar-refractivity contribution in [1.82, 2.24) is 0 Å². The molecule has 0 radical (unpaired) electrons. The number of hydrogen-bond acceptors (Lipinski definition) is 2. The van der Waals surface area contributed by atoms with E-state index in [0.29, 0.717) is 6.42 Å². The third kappa shape index (κ3) is 3.47. The van der Waals surface area contributed by atoms with Gasteiger partial charge in [-0.05, 0) is 43.5 Å². The summed E-state index contributed by atoms with van der Waals surface area (Å²) in [5, 5.41) is 10.7. The van der Waals surface area contributed by atoms with Gasteiger partial charge in [0.25, 0.3) is 0 Å². The van der Waals surface area contributed by atoms with E-state index in [9.17, 15) is 5.11 Å². The smallest absolute Gasteiger partial charge is 0.127 e. The fourth-order valence-electron chi connectivity index (χ4n) is 2.60. The van der Waals surface area contributed by atoms with Crippen molar-refractivity contribution in [3.63, 3.8) is 0 Å². The Balaban J connectivity index is 2.38. The van der Waals surface area contributed by atoms with Crippen LogP contribution in [0.15, 0.2) is 34.8 Å². The third-order valence-corrected chi connectivity index (χ3v) is 4.62.